The SMILES string of the molecule is CCS(=O)(=O)c1cc(C(=O)O)c(OC)cc1NC1=C(C(=O)OC)CN(CCO)C1=O. The summed E-state index contributed by atoms with van der Waals surface area (Å²) >= 11 is 0. The molecule has 0 aliphatic carbocycles. The van der Waals surface area contributed by atoms with Gasteiger partial charge in [-0.3, -0.25) is 4.79 Å². The second-order valence-electron chi connectivity index (χ2n) is 6.18. The van der Waals surface area contributed by atoms with E-state index in [0.717, 1.165) is 19.2 Å². The number of hydrogen-bond donors (Lipinski definition) is 3. The van der Waals surface area contributed by atoms with Gasteiger partial charge in [-0.15, -0.1) is 0 Å². The zero-order chi connectivity index (χ0) is 22.6. The molecule has 11 nitrogen and oxygen atoms in total. The molecule has 0 saturated carbocycles. The molecular weight excluding hydrogens is 420 g/mol. The summed E-state index contributed by atoms with van der Waals surface area (Å²) < 4.78 is 34.9. The summed E-state index contributed by atoms with van der Waals surface area (Å²) in [7, 11) is -1.58. The van der Waals surface area contributed by atoms with Crippen LogP contribution >= 0.6 is 0 Å². The number of nitrogens with zero attached hydrogens (tertiary/aromatic N) is 1. The Kier molecular flexibility index (Phi) is 7.05. The number of carbonyl (C=O) groups excluding carboxylic acids is 2. The molecule has 0 aromatic heterocycles. The summed E-state index contributed by atoms with van der Waals surface area (Å²) in [5.74, 6) is -3.32. The number of carbonyl (C=O) groups is 3. The zero-order valence-electron chi connectivity index (χ0n) is 16.6. The first-order chi connectivity index (χ1) is 14.1. The lowest BCUT2D eigenvalue weighted by Gasteiger charge is -2.17. The fourth-order valence-electron chi connectivity index (χ4n) is 2.89. The number of benzene rings is 1. The van der Waals surface area contributed by atoms with Crippen molar-refractivity contribution in [3.8, 4) is 5.75 Å². The molecule has 1 heterocycles. The predicted octanol–water partition coefficient (Wildman–Crippen LogP) is -0.139. The quantitative estimate of drug-likeness (QED) is 0.439. The van der Waals surface area contributed by atoms with E-state index in [1.807, 2.05) is 0 Å². The Labute approximate surface area is 172 Å². The van der Waals surface area contributed by atoms with E-state index in [1.54, 1.807) is 0 Å². The van der Waals surface area contributed by atoms with Gasteiger partial charge in [0.25, 0.3) is 5.91 Å². The van der Waals surface area contributed by atoms with Crippen molar-refractivity contribution in [2.45, 2.75) is 11.8 Å². The number of β-amino-alcohol motifs (C(OH)–C–C–N with tert-alkyl or cyclic N) is 1. The molecule has 1 aliphatic rings. The number of anilines is 1. The van der Waals surface area contributed by atoms with Gasteiger partial charge in [0.2, 0.25) is 0 Å². The van der Waals surface area contributed by atoms with E-state index in [1.165, 1.54) is 18.9 Å². The molecule has 3 N–H and O–H groups in total. The standard InChI is InChI=1S/C18H22N2O9S/c1-4-30(26,27)14-7-10(17(23)24)13(28-2)8-12(14)19-15-11(18(25)29-3)9-20(5-6-21)16(15)22/h7-8,19,21H,4-6,9H2,1-3H3,(H,23,24). The lowest BCUT2D eigenvalue weighted by Crippen LogP contribution is -2.31. The highest BCUT2D eigenvalue weighted by Gasteiger charge is 2.35. The third-order valence-corrected chi connectivity index (χ3v) is 6.23. The van der Waals surface area contributed by atoms with Crippen molar-refractivity contribution in [1.82, 2.24) is 4.90 Å². The third-order valence-electron chi connectivity index (χ3n) is 4.46. The van der Waals surface area contributed by atoms with Crippen LogP contribution in [0.4, 0.5) is 5.69 Å². The highest BCUT2D eigenvalue weighted by atomic mass is 32.2. The average molecular weight is 442 g/mol. The number of methoxy groups -OCH3 is 2. The molecule has 0 atom stereocenters. The number of sulfone groups is 1. The summed E-state index contributed by atoms with van der Waals surface area (Å²) in [6.07, 6.45) is 0. The Balaban J connectivity index is 2.68. The number of amides is 1. The van der Waals surface area contributed by atoms with E-state index >= 15 is 0 Å². The molecule has 12 heteroatoms. The monoisotopic (exact) mass is 442 g/mol. The van der Waals surface area contributed by atoms with Crippen LogP contribution < -0.4 is 10.1 Å². The van der Waals surface area contributed by atoms with Crippen LogP contribution in [0.5, 0.6) is 5.75 Å². The maximum Gasteiger partial charge on any atom is 0.339 e. The molecule has 164 valence electrons. The molecule has 1 aromatic carbocycles. The van der Waals surface area contributed by atoms with E-state index in [0.29, 0.717) is 0 Å². The predicted molar refractivity (Wildman–Crippen MR) is 104 cm³/mol. The first kappa shape index (κ1) is 23.2. The van der Waals surface area contributed by atoms with Crippen molar-refractivity contribution in [3.05, 3.63) is 29.0 Å². The second-order valence-corrected chi connectivity index (χ2v) is 8.42. The smallest absolute Gasteiger partial charge is 0.339 e. The minimum absolute atomic E-state index is 0.0497. The maximum atomic E-state index is 12.7. The van der Waals surface area contributed by atoms with Crippen molar-refractivity contribution >= 4 is 33.4 Å². The van der Waals surface area contributed by atoms with Crippen LogP contribution in [0.2, 0.25) is 0 Å². The van der Waals surface area contributed by atoms with Gasteiger partial charge in [0.15, 0.2) is 9.84 Å². The first-order valence-electron chi connectivity index (χ1n) is 8.77. The van der Waals surface area contributed by atoms with E-state index in [-0.39, 0.29) is 58.6 Å². The van der Waals surface area contributed by atoms with E-state index < -0.39 is 27.7 Å². The number of ether oxygens (including phenoxy) is 2. The number of aliphatic hydroxyl groups excluding tert-OH is 1. The highest BCUT2D eigenvalue weighted by Crippen LogP contribution is 2.34. The van der Waals surface area contributed by atoms with Gasteiger partial charge >= 0.3 is 11.9 Å². The van der Waals surface area contributed by atoms with Crippen LogP contribution in [0.25, 0.3) is 0 Å². The molecule has 0 unspecified atom stereocenters. The summed E-state index contributed by atoms with van der Waals surface area (Å²) in [5.41, 5.74) is -0.795. The number of aliphatic hydroxyl groups is 1. The van der Waals surface area contributed by atoms with E-state index in [9.17, 15) is 27.9 Å². The van der Waals surface area contributed by atoms with Gasteiger partial charge in [-0.1, -0.05) is 6.92 Å². The number of esters is 1. The molecule has 0 bridgehead atoms. The highest BCUT2D eigenvalue weighted by molar-refractivity contribution is 7.91. The fraction of sp³-hybridized carbons (Fsp3) is 0.389. The first-order valence-corrected chi connectivity index (χ1v) is 10.4. The molecule has 1 aromatic rings. The second kappa shape index (κ2) is 9.13. The van der Waals surface area contributed by atoms with Crippen LogP contribution in [0.3, 0.4) is 0 Å². The minimum Gasteiger partial charge on any atom is -0.496 e. The molecule has 0 saturated heterocycles. The minimum atomic E-state index is -3.92. The Morgan fingerprint density at radius 1 is 1.27 bits per heavy atom. The molecule has 2 rings (SSSR count). The lowest BCUT2D eigenvalue weighted by molar-refractivity contribution is -0.136. The van der Waals surface area contributed by atoms with Gasteiger partial charge in [-0.05, 0) is 6.07 Å². The lowest BCUT2D eigenvalue weighted by atomic mass is 10.1. The van der Waals surface area contributed by atoms with Crippen LogP contribution in [0, 0.1) is 0 Å². The summed E-state index contributed by atoms with van der Waals surface area (Å²) in [6, 6.07) is 2.07. The van der Waals surface area contributed by atoms with Crippen LogP contribution in [0.1, 0.15) is 17.3 Å². The molecule has 0 fully saturated rings. The van der Waals surface area contributed by atoms with Gasteiger partial charge in [0.05, 0.1) is 49.3 Å². The largest absolute Gasteiger partial charge is 0.496 e. The normalized spacial score (nSPS) is 14.1. The molecule has 0 spiro atoms. The summed E-state index contributed by atoms with van der Waals surface area (Å²) in [4.78, 5) is 37.2. The molecule has 1 aliphatic heterocycles. The number of rotatable bonds is 9. The molecule has 0 radical (unpaired) electrons. The number of hydrogen-bond acceptors (Lipinski definition) is 9. The summed E-state index contributed by atoms with van der Waals surface area (Å²) in [5, 5.41) is 21.2. The van der Waals surface area contributed by atoms with Gasteiger partial charge in [-0.25, -0.2) is 18.0 Å². The molecule has 30 heavy (non-hydrogen) atoms. The molecular formula is C18H22N2O9S. The third kappa shape index (κ3) is 4.39. The van der Waals surface area contributed by atoms with Gasteiger partial charge in [0.1, 0.15) is 17.0 Å². The Morgan fingerprint density at radius 3 is 2.43 bits per heavy atom. The average Bonchev–Trinajstić information content (AvgIpc) is 3.02. The Bertz CT molecular complexity index is 1010. The van der Waals surface area contributed by atoms with Crippen LogP contribution in [-0.4, -0.2) is 81.0 Å². The number of carboxylic acid groups (broad SMARTS) is 1. The molecule has 1 amide bonds. The van der Waals surface area contributed by atoms with E-state index in [4.69, 9.17) is 14.6 Å². The van der Waals surface area contributed by atoms with E-state index in [2.05, 4.69) is 5.32 Å². The number of carboxylic acids is 1. The zero-order valence-corrected chi connectivity index (χ0v) is 17.4. The Morgan fingerprint density at radius 2 is 1.93 bits per heavy atom. The fourth-order valence-corrected chi connectivity index (χ4v) is 3.94. The van der Waals surface area contributed by atoms with Gasteiger partial charge < -0.3 is 29.9 Å². The van der Waals surface area contributed by atoms with Crippen molar-refractivity contribution in [2.75, 3.05) is 45.0 Å². The van der Waals surface area contributed by atoms with Crippen molar-refractivity contribution in [2.24, 2.45) is 0 Å². The number of aromatic carboxylic acids is 1. The van der Waals surface area contributed by atoms with Crippen LogP contribution in [-0.2, 0) is 24.2 Å². The van der Waals surface area contributed by atoms with Crippen LogP contribution in [0.15, 0.2) is 28.3 Å². The Hall–Kier alpha value is -3.12. The summed E-state index contributed by atoms with van der Waals surface area (Å²) in [6.45, 7) is 0.844. The van der Waals surface area contributed by atoms with Crippen molar-refractivity contribution in [3.63, 3.8) is 0 Å². The number of nitrogens with one attached hydrogen (secondary N) is 1. The topological polar surface area (TPSA) is 160 Å². The maximum absolute atomic E-state index is 12.7. The van der Waals surface area contributed by atoms with Gasteiger partial charge in [-0.2, -0.15) is 0 Å². The van der Waals surface area contributed by atoms with Gasteiger partial charge in [0, 0.05) is 12.6 Å². The van der Waals surface area contributed by atoms with Crippen molar-refractivity contribution in [1.29, 1.82) is 0 Å². The van der Waals surface area contributed by atoms with Crippen molar-refractivity contribution < 1.29 is 42.5 Å².